The minimum Gasteiger partial charge on any atom is -0.349 e. The topological polar surface area (TPSA) is 106 Å². The highest BCUT2D eigenvalue weighted by Gasteiger charge is 2.29. The maximum atomic E-state index is 13.2. The van der Waals surface area contributed by atoms with Crippen LogP contribution in [-0.2, 0) is 13.1 Å². The normalized spacial score (nSPS) is 13.3. The van der Waals surface area contributed by atoms with Gasteiger partial charge in [-0.15, -0.1) is 0 Å². The number of H-pyrrole nitrogens is 1. The van der Waals surface area contributed by atoms with Crippen molar-refractivity contribution in [3.63, 3.8) is 0 Å². The second kappa shape index (κ2) is 9.93. The van der Waals surface area contributed by atoms with Crippen LogP contribution in [0.15, 0.2) is 58.5 Å². The summed E-state index contributed by atoms with van der Waals surface area (Å²) in [5.41, 5.74) is 2.42. The molecule has 0 radical (unpaired) electrons. The van der Waals surface area contributed by atoms with Crippen molar-refractivity contribution in [3.8, 4) is 11.3 Å². The zero-order valence-electron chi connectivity index (χ0n) is 20.6. The Morgan fingerprint density at radius 1 is 1.08 bits per heavy atom. The van der Waals surface area contributed by atoms with Crippen LogP contribution in [0.3, 0.4) is 0 Å². The SMILES string of the molecule is CCCn1c(=O)c2[nH]c(-c3ccc(N(CC4CC4)C(=O)c4cccnc4)nc3)cc2n(CCC)c1=O. The van der Waals surface area contributed by atoms with Crippen LogP contribution in [0.1, 0.15) is 49.9 Å². The number of fused-ring (bicyclic) bond motifs is 1. The van der Waals surface area contributed by atoms with Gasteiger partial charge in [0.2, 0.25) is 0 Å². The van der Waals surface area contributed by atoms with Crippen molar-refractivity contribution >= 4 is 22.8 Å². The average molecular weight is 487 g/mol. The van der Waals surface area contributed by atoms with Crippen LogP contribution in [0.25, 0.3) is 22.3 Å². The predicted octanol–water partition coefficient (Wildman–Crippen LogP) is 3.83. The molecule has 4 aromatic rings. The van der Waals surface area contributed by atoms with Crippen molar-refractivity contribution < 1.29 is 4.79 Å². The summed E-state index contributed by atoms with van der Waals surface area (Å²) in [6, 6.07) is 9.06. The molecule has 5 rings (SSSR count). The van der Waals surface area contributed by atoms with Gasteiger partial charge in [-0.2, -0.15) is 0 Å². The zero-order valence-corrected chi connectivity index (χ0v) is 20.6. The van der Waals surface area contributed by atoms with Crippen LogP contribution in [0.5, 0.6) is 0 Å². The molecule has 1 N–H and O–H groups in total. The van der Waals surface area contributed by atoms with Crippen LogP contribution in [0.4, 0.5) is 5.82 Å². The predicted molar refractivity (Wildman–Crippen MR) is 139 cm³/mol. The first-order chi connectivity index (χ1) is 17.5. The molecule has 1 amide bonds. The van der Waals surface area contributed by atoms with E-state index in [4.69, 9.17) is 0 Å². The van der Waals surface area contributed by atoms with Gasteiger partial charge in [-0.3, -0.25) is 28.6 Å². The average Bonchev–Trinajstić information content (AvgIpc) is 3.63. The highest BCUT2D eigenvalue weighted by atomic mass is 16.2. The summed E-state index contributed by atoms with van der Waals surface area (Å²) in [6.07, 6.45) is 8.61. The van der Waals surface area contributed by atoms with Gasteiger partial charge in [0, 0.05) is 49.5 Å². The van der Waals surface area contributed by atoms with Crippen LogP contribution in [0, 0.1) is 5.92 Å². The van der Waals surface area contributed by atoms with Crippen molar-refractivity contribution in [1.29, 1.82) is 0 Å². The molecule has 0 saturated heterocycles. The number of pyridine rings is 2. The molecule has 0 unspecified atom stereocenters. The summed E-state index contributed by atoms with van der Waals surface area (Å²) in [7, 11) is 0. The minimum absolute atomic E-state index is 0.124. The molecule has 4 aromatic heterocycles. The van der Waals surface area contributed by atoms with Crippen molar-refractivity contribution in [2.24, 2.45) is 5.92 Å². The van der Waals surface area contributed by atoms with Gasteiger partial charge in [-0.1, -0.05) is 13.8 Å². The molecule has 4 heterocycles. The second-order valence-corrected chi connectivity index (χ2v) is 9.34. The van der Waals surface area contributed by atoms with Gasteiger partial charge in [0.15, 0.2) is 0 Å². The molecule has 0 aliphatic heterocycles. The molecule has 0 atom stereocenters. The molecule has 0 spiro atoms. The Hall–Kier alpha value is -4.01. The highest BCUT2D eigenvalue weighted by Crippen LogP contribution is 2.32. The standard InChI is InChI=1S/C27H30N6O3/c1-3-12-31-22-14-21(30-24(22)26(35)32(13-4-2)27(31)36)19-9-10-23(29-16-19)33(17-18-7-8-18)25(34)20-6-5-11-28-15-20/h5-6,9-11,14-16,18,30H,3-4,7-8,12-13,17H2,1-2H3. The third-order valence-electron chi connectivity index (χ3n) is 6.53. The lowest BCUT2D eigenvalue weighted by atomic mass is 10.2. The Morgan fingerprint density at radius 2 is 1.86 bits per heavy atom. The fourth-order valence-electron chi connectivity index (χ4n) is 4.50. The van der Waals surface area contributed by atoms with Gasteiger partial charge >= 0.3 is 5.69 Å². The number of aryl methyl sites for hydroxylation is 1. The van der Waals surface area contributed by atoms with Crippen molar-refractivity contribution in [1.82, 2.24) is 24.1 Å². The first-order valence-electron chi connectivity index (χ1n) is 12.6. The molecule has 0 bridgehead atoms. The fraction of sp³-hybridized carbons (Fsp3) is 0.370. The molecule has 9 heteroatoms. The molecule has 1 saturated carbocycles. The van der Waals surface area contributed by atoms with Gasteiger partial charge in [-0.25, -0.2) is 9.78 Å². The molecule has 0 aromatic carbocycles. The number of hydrogen-bond donors (Lipinski definition) is 1. The van der Waals surface area contributed by atoms with E-state index in [0.717, 1.165) is 24.8 Å². The van der Waals surface area contributed by atoms with Crippen molar-refractivity contribution in [2.45, 2.75) is 52.6 Å². The summed E-state index contributed by atoms with van der Waals surface area (Å²) >= 11 is 0. The maximum absolute atomic E-state index is 13.2. The summed E-state index contributed by atoms with van der Waals surface area (Å²) in [4.78, 5) is 52.9. The minimum atomic E-state index is -0.308. The summed E-state index contributed by atoms with van der Waals surface area (Å²) < 4.78 is 2.97. The van der Waals surface area contributed by atoms with Crippen molar-refractivity contribution in [3.05, 3.63) is 75.3 Å². The lowest BCUT2D eigenvalue weighted by Crippen LogP contribution is -2.39. The largest absolute Gasteiger partial charge is 0.349 e. The number of amides is 1. The van der Waals surface area contributed by atoms with Gasteiger partial charge in [-0.05, 0) is 61.9 Å². The molecule has 186 valence electrons. The molecular formula is C27H30N6O3. The number of aromatic amines is 1. The Morgan fingerprint density at radius 3 is 2.50 bits per heavy atom. The lowest BCUT2D eigenvalue weighted by molar-refractivity contribution is 0.0984. The molecule has 1 fully saturated rings. The molecule has 1 aliphatic carbocycles. The van der Waals surface area contributed by atoms with Gasteiger partial charge < -0.3 is 4.98 Å². The summed E-state index contributed by atoms with van der Waals surface area (Å²) in [6.45, 7) is 5.47. The van der Waals surface area contributed by atoms with E-state index in [1.54, 1.807) is 40.2 Å². The number of hydrogen-bond acceptors (Lipinski definition) is 5. The maximum Gasteiger partial charge on any atom is 0.331 e. The number of carbonyl (C=O) groups is 1. The number of carbonyl (C=O) groups excluding carboxylic acids is 1. The molecule has 1 aliphatic rings. The first-order valence-corrected chi connectivity index (χ1v) is 12.6. The monoisotopic (exact) mass is 486 g/mol. The Kier molecular flexibility index (Phi) is 6.54. The summed E-state index contributed by atoms with van der Waals surface area (Å²) in [5, 5.41) is 0. The van der Waals surface area contributed by atoms with E-state index in [2.05, 4.69) is 15.0 Å². The highest BCUT2D eigenvalue weighted by molar-refractivity contribution is 6.05. The molecular weight excluding hydrogens is 456 g/mol. The van der Waals surface area contributed by atoms with Crippen LogP contribution in [-0.4, -0.2) is 36.5 Å². The van der Waals surface area contributed by atoms with E-state index in [9.17, 15) is 14.4 Å². The Labute approximate surface area is 208 Å². The van der Waals surface area contributed by atoms with Crippen LogP contribution < -0.4 is 16.1 Å². The number of aromatic nitrogens is 5. The van der Waals surface area contributed by atoms with E-state index in [0.29, 0.717) is 60.1 Å². The fourth-order valence-corrected chi connectivity index (χ4v) is 4.50. The lowest BCUT2D eigenvalue weighted by Gasteiger charge is -2.21. The van der Waals surface area contributed by atoms with Gasteiger partial charge in [0.05, 0.1) is 11.1 Å². The third-order valence-corrected chi connectivity index (χ3v) is 6.53. The van der Waals surface area contributed by atoms with Gasteiger partial charge in [0.1, 0.15) is 11.3 Å². The van der Waals surface area contributed by atoms with E-state index < -0.39 is 0 Å². The van der Waals surface area contributed by atoms with Crippen molar-refractivity contribution in [2.75, 3.05) is 11.4 Å². The smallest absolute Gasteiger partial charge is 0.331 e. The quantitative estimate of drug-likeness (QED) is 0.387. The number of nitrogens with zero attached hydrogens (tertiary/aromatic N) is 5. The second-order valence-electron chi connectivity index (χ2n) is 9.34. The summed E-state index contributed by atoms with van der Waals surface area (Å²) in [5.74, 6) is 0.936. The molecule has 9 nitrogen and oxygen atoms in total. The number of nitrogens with one attached hydrogen (secondary N) is 1. The Balaban J connectivity index is 1.52. The van der Waals surface area contributed by atoms with Crippen LogP contribution >= 0.6 is 0 Å². The van der Waals surface area contributed by atoms with E-state index in [1.807, 2.05) is 32.0 Å². The number of anilines is 1. The third kappa shape index (κ3) is 4.48. The van der Waals surface area contributed by atoms with E-state index in [1.165, 1.54) is 4.57 Å². The van der Waals surface area contributed by atoms with E-state index >= 15 is 0 Å². The Bertz CT molecular complexity index is 1500. The first kappa shape index (κ1) is 23.7. The van der Waals surface area contributed by atoms with Crippen LogP contribution in [0.2, 0.25) is 0 Å². The number of rotatable bonds is 9. The molecule has 36 heavy (non-hydrogen) atoms. The zero-order chi connectivity index (χ0) is 25.2. The van der Waals surface area contributed by atoms with E-state index in [-0.39, 0.29) is 17.2 Å². The van der Waals surface area contributed by atoms with Gasteiger partial charge in [0.25, 0.3) is 11.5 Å².